The van der Waals surface area contributed by atoms with Crippen molar-refractivity contribution in [3.63, 3.8) is 0 Å². The molecule has 0 radical (unpaired) electrons. The van der Waals surface area contributed by atoms with E-state index in [2.05, 4.69) is 35.8 Å². The molecule has 0 amide bonds. The fourth-order valence-electron chi connectivity index (χ4n) is 1.23. The van der Waals surface area contributed by atoms with Crippen molar-refractivity contribution in [3.8, 4) is 11.8 Å². The lowest BCUT2D eigenvalue weighted by atomic mass is 10.1. The van der Waals surface area contributed by atoms with E-state index in [0.29, 0.717) is 23.8 Å². The maximum absolute atomic E-state index is 9.01. The molecule has 15 heavy (non-hydrogen) atoms. The smallest absolute Gasteiger partial charge is 0.138 e. The maximum Gasteiger partial charge on any atom is 0.138 e. The van der Waals surface area contributed by atoms with Crippen LogP contribution in [-0.4, -0.2) is 6.61 Å². The molecule has 0 unspecified atom stereocenters. The lowest BCUT2D eigenvalue weighted by Gasteiger charge is -2.11. The van der Waals surface area contributed by atoms with Crippen molar-refractivity contribution in [1.82, 2.24) is 0 Å². The lowest BCUT2D eigenvalue weighted by Crippen LogP contribution is -2.06. The molecule has 0 aromatic heterocycles. The maximum atomic E-state index is 9.01. The van der Waals surface area contributed by atoms with E-state index in [1.54, 1.807) is 0 Å². The van der Waals surface area contributed by atoms with E-state index < -0.39 is 0 Å². The molecule has 3 heteroatoms. The fourth-order valence-corrected chi connectivity index (χ4v) is 1.78. The summed E-state index contributed by atoms with van der Waals surface area (Å²) in [6, 6.07) is 5.93. The first-order chi connectivity index (χ1) is 7.04. The second kappa shape index (κ2) is 5.18. The van der Waals surface area contributed by atoms with Gasteiger partial charge in [0.15, 0.2) is 0 Å². The molecular formula is C12H14BrNO. The van der Waals surface area contributed by atoms with Crippen LogP contribution in [0.3, 0.4) is 0 Å². The monoisotopic (exact) mass is 267 g/mol. The Kier molecular flexibility index (Phi) is 4.16. The fraction of sp³-hybridized carbons (Fsp3) is 0.417. The molecule has 0 atom stereocenters. The summed E-state index contributed by atoms with van der Waals surface area (Å²) in [6.07, 6.45) is 0. The van der Waals surface area contributed by atoms with Gasteiger partial charge in [0.2, 0.25) is 0 Å². The molecule has 0 aliphatic carbocycles. The largest absolute Gasteiger partial charge is 0.492 e. The number of halogens is 1. The normalized spacial score (nSPS) is 10.1. The Balaban J connectivity index is 3.00. The quantitative estimate of drug-likeness (QED) is 0.838. The Morgan fingerprint density at radius 2 is 2.13 bits per heavy atom. The molecule has 0 spiro atoms. The number of hydrogen-bond acceptors (Lipinski definition) is 2. The van der Waals surface area contributed by atoms with Gasteiger partial charge in [0.25, 0.3) is 0 Å². The van der Waals surface area contributed by atoms with Gasteiger partial charge in [-0.2, -0.15) is 5.26 Å². The molecule has 0 bridgehead atoms. The molecular weight excluding hydrogens is 254 g/mol. The Hall–Kier alpha value is -1.01. The lowest BCUT2D eigenvalue weighted by molar-refractivity contribution is 0.270. The molecule has 0 fully saturated rings. The summed E-state index contributed by atoms with van der Waals surface area (Å²) in [7, 11) is 0. The van der Waals surface area contributed by atoms with Crippen LogP contribution in [0.1, 0.15) is 25.0 Å². The van der Waals surface area contributed by atoms with Crippen molar-refractivity contribution in [2.45, 2.75) is 20.8 Å². The van der Waals surface area contributed by atoms with Crippen molar-refractivity contribution < 1.29 is 4.74 Å². The zero-order chi connectivity index (χ0) is 11.4. The molecule has 1 rings (SSSR count). The minimum absolute atomic E-state index is 0.454. The zero-order valence-corrected chi connectivity index (χ0v) is 10.8. The second-order valence-corrected chi connectivity index (χ2v) is 4.83. The zero-order valence-electron chi connectivity index (χ0n) is 9.17. The van der Waals surface area contributed by atoms with Crippen LogP contribution in [0.2, 0.25) is 0 Å². The highest BCUT2D eigenvalue weighted by Gasteiger charge is 2.08. The molecule has 0 saturated heterocycles. The van der Waals surface area contributed by atoms with E-state index in [-0.39, 0.29) is 0 Å². The SMILES string of the molecule is Cc1cc(Br)cc(OCC(C)C)c1C#N. The van der Waals surface area contributed by atoms with Crippen molar-refractivity contribution in [2.24, 2.45) is 5.92 Å². The van der Waals surface area contributed by atoms with Crippen molar-refractivity contribution >= 4 is 15.9 Å². The van der Waals surface area contributed by atoms with Gasteiger partial charge in [-0.3, -0.25) is 0 Å². The van der Waals surface area contributed by atoms with Crippen molar-refractivity contribution in [2.75, 3.05) is 6.61 Å². The van der Waals surface area contributed by atoms with Crippen LogP contribution in [0.4, 0.5) is 0 Å². The molecule has 1 aromatic rings. The molecule has 0 N–H and O–H groups in total. The summed E-state index contributed by atoms with van der Waals surface area (Å²) in [4.78, 5) is 0. The van der Waals surface area contributed by atoms with Crippen molar-refractivity contribution in [1.29, 1.82) is 5.26 Å². The van der Waals surface area contributed by atoms with Crippen LogP contribution >= 0.6 is 15.9 Å². The van der Waals surface area contributed by atoms with E-state index in [9.17, 15) is 0 Å². The highest BCUT2D eigenvalue weighted by molar-refractivity contribution is 9.10. The van der Waals surface area contributed by atoms with E-state index in [0.717, 1.165) is 10.0 Å². The van der Waals surface area contributed by atoms with E-state index in [1.807, 2.05) is 19.1 Å². The molecule has 2 nitrogen and oxygen atoms in total. The summed E-state index contributed by atoms with van der Waals surface area (Å²) in [5.41, 5.74) is 1.56. The Morgan fingerprint density at radius 1 is 1.47 bits per heavy atom. The summed E-state index contributed by atoms with van der Waals surface area (Å²) in [6.45, 7) is 6.70. The number of nitriles is 1. The number of benzene rings is 1. The minimum atomic E-state index is 0.454. The molecule has 0 saturated carbocycles. The van der Waals surface area contributed by atoms with E-state index in [4.69, 9.17) is 10.00 Å². The second-order valence-electron chi connectivity index (χ2n) is 3.91. The van der Waals surface area contributed by atoms with Crippen LogP contribution in [0.25, 0.3) is 0 Å². The van der Waals surface area contributed by atoms with Gasteiger partial charge in [-0.15, -0.1) is 0 Å². The van der Waals surface area contributed by atoms with Crippen molar-refractivity contribution in [3.05, 3.63) is 27.7 Å². The highest BCUT2D eigenvalue weighted by Crippen LogP contribution is 2.27. The number of ether oxygens (including phenoxy) is 1. The van der Waals surface area contributed by atoms with Gasteiger partial charge in [0.05, 0.1) is 12.2 Å². The third kappa shape index (κ3) is 3.24. The summed E-state index contributed by atoms with van der Waals surface area (Å²) >= 11 is 3.39. The van der Waals surface area contributed by atoms with Crippen LogP contribution in [-0.2, 0) is 0 Å². The predicted molar refractivity (Wildman–Crippen MR) is 63.9 cm³/mol. The number of aryl methyl sites for hydroxylation is 1. The third-order valence-corrected chi connectivity index (χ3v) is 2.41. The van der Waals surface area contributed by atoms with Crippen LogP contribution in [0.15, 0.2) is 16.6 Å². The Morgan fingerprint density at radius 3 is 2.67 bits per heavy atom. The van der Waals surface area contributed by atoms with Gasteiger partial charge >= 0.3 is 0 Å². The molecule has 0 aliphatic rings. The first-order valence-corrected chi connectivity index (χ1v) is 5.67. The van der Waals surface area contributed by atoms with Crippen LogP contribution in [0, 0.1) is 24.2 Å². The topological polar surface area (TPSA) is 33.0 Å². The summed E-state index contributed by atoms with van der Waals surface area (Å²) < 4.78 is 6.54. The molecule has 0 heterocycles. The van der Waals surface area contributed by atoms with Crippen LogP contribution in [0.5, 0.6) is 5.75 Å². The average molecular weight is 268 g/mol. The minimum Gasteiger partial charge on any atom is -0.492 e. The van der Waals surface area contributed by atoms with Gasteiger partial charge in [-0.05, 0) is 30.5 Å². The Bertz CT molecular complexity index is 393. The number of rotatable bonds is 3. The molecule has 0 aliphatic heterocycles. The van der Waals surface area contributed by atoms with Gasteiger partial charge in [-0.25, -0.2) is 0 Å². The highest BCUT2D eigenvalue weighted by atomic mass is 79.9. The third-order valence-electron chi connectivity index (χ3n) is 1.95. The molecule has 1 aromatic carbocycles. The first-order valence-electron chi connectivity index (χ1n) is 4.87. The van der Waals surface area contributed by atoms with Gasteiger partial charge < -0.3 is 4.74 Å². The van der Waals surface area contributed by atoms with Gasteiger partial charge in [0, 0.05) is 4.47 Å². The van der Waals surface area contributed by atoms with Gasteiger partial charge in [-0.1, -0.05) is 29.8 Å². The van der Waals surface area contributed by atoms with E-state index in [1.165, 1.54) is 0 Å². The summed E-state index contributed by atoms with van der Waals surface area (Å²) in [5.74, 6) is 1.12. The standard InChI is InChI=1S/C12H14BrNO/c1-8(2)7-15-12-5-10(13)4-9(3)11(12)6-14/h4-5,8H,7H2,1-3H3. The Labute approximate surface area is 99.0 Å². The number of hydrogen-bond donors (Lipinski definition) is 0. The first kappa shape index (κ1) is 12.1. The average Bonchev–Trinajstić information content (AvgIpc) is 2.13. The summed E-state index contributed by atoms with van der Waals surface area (Å²) in [5, 5.41) is 9.01. The van der Waals surface area contributed by atoms with Gasteiger partial charge in [0.1, 0.15) is 11.8 Å². The predicted octanol–water partition coefficient (Wildman–Crippen LogP) is 3.66. The number of nitrogens with zero attached hydrogens (tertiary/aromatic N) is 1. The van der Waals surface area contributed by atoms with E-state index >= 15 is 0 Å². The molecule has 80 valence electrons. The van der Waals surface area contributed by atoms with Crippen LogP contribution < -0.4 is 4.74 Å².